The van der Waals surface area contributed by atoms with Crippen LogP contribution in [0.25, 0.3) is 0 Å². The molecular formula is C14H28N2O2. The predicted octanol–water partition coefficient (Wildman–Crippen LogP) is 1.51. The minimum Gasteiger partial charge on any atom is -0.468 e. The van der Waals surface area contributed by atoms with Crippen molar-refractivity contribution in [2.75, 3.05) is 34.3 Å². The summed E-state index contributed by atoms with van der Waals surface area (Å²) in [6.07, 6.45) is 3.40. The molecular weight excluding hydrogens is 228 g/mol. The van der Waals surface area contributed by atoms with E-state index in [1.54, 1.807) is 0 Å². The number of esters is 1. The van der Waals surface area contributed by atoms with Crippen LogP contribution >= 0.6 is 0 Å². The van der Waals surface area contributed by atoms with Crippen LogP contribution in [0, 0.1) is 11.8 Å². The molecule has 0 amide bonds. The summed E-state index contributed by atoms with van der Waals surface area (Å²) in [5.41, 5.74) is -0.517. The van der Waals surface area contributed by atoms with E-state index in [4.69, 9.17) is 4.74 Å². The zero-order chi connectivity index (χ0) is 13.8. The number of hydrogen-bond donors (Lipinski definition) is 1. The van der Waals surface area contributed by atoms with Gasteiger partial charge in [0.25, 0.3) is 0 Å². The molecule has 4 heteroatoms. The molecule has 0 saturated heterocycles. The molecule has 1 aliphatic carbocycles. The Morgan fingerprint density at radius 3 is 2.56 bits per heavy atom. The van der Waals surface area contributed by atoms with Crippen molar-refractivity contribution in [1.82, 2.24) is 10.2 Å². The molecule has 106 valence electrons. The van der Waals surface area contributed by atoms with Gasteiger partial charge in [-0.05, 0) is 38.8 Å². The molecule has 1 rings (SSSR count). The van der Waals surface area contributed by atoms with Crippen LogP contribution in [0.15, 0.2) is 0 Å². The first kappa shape index (κ1) is 15.4. The van der Waals surface area contributed by atoms with Gasteiger partial charge in [-0.1, -0.05) is 20.3 Å². The van der Waals surface area contributed by atoms with Gasteiger partial charge in [-0.25, -0.2) is 4.79 Å². The van der Waals surface area contributed by atoms with Gasteiger partial charge in [0.15, 0.2) is 0 Å². The Labute approximate surface area is 111 Å². The number of nitrogens with one attached hydrogen (secondary N) is 1. The quantitative estimate of drug-likeness (QED) is 0.668. The van der Waals surface area contributed by atoms with E-state index in [1.165, 1.54) is 13.5 Å². The van der Waals surface area contributed by atoms with Gasteiger partial charge in [-0.3, -0.25) is 0 Å². The maximum atomic E-state index is 12.1. The lowest BCUT2D eigenvalue weighted by molar-refractivity contribution is -0.150. The van der Waals surface area contributed by atoms with Crippen LogP contribution in [0.1, 0.15) is 33.1 Å². The summed E-state index contributed by atoms with van der Waals surface area (Å²) in [6.45, 7) is 6.19. The fourth-order valence-corrected chi connectivity index (χ4v) is 2.66. The fraction of sp³-hybridized carbons (Fsp3) is 0.929. The Hall–Kier alpha value is -0.610. The van der Waals surface area contributed by atoms with Crippen LogP contribution in [0.4, 0.5) is 0 Å². The molecule has 0 aromatic heterocycles. The molecule has 18 heavy (non-hydrogen) atoms. The second-order valence-corrected chi connectivity index (χ2v) is 5.70. The van der Waals surface area contributed by atoms with Crippen molar-refractivity contribution in [3.05, 3.63) is 0 Å². The number of likely N-dealkylation sites (N-methyl/N-ethyl adjacent to an activating group) is 2. The Kier molecular flexibility index (Phi) is 5.60. The number of hydrogen-bond acceptors (Lipinski definition) is 4. The Bertz CT molecular complexity index is 279. The SMILES string of the molecule is CCC(C)CN(C)CC(NC)(C(=O)OC)C1CC1. The van der Waals surface area contributed by atoms with Crippen LogP contribution in [0.3, 0.4) is 0 Å². The highest BCUT2D eigenvalue weighted by molar-refractivity contribution is 5.82. The number of ether oxygens (including phenoxy) is 1. The second kappa shape index (κ2) is 6.53. The predicted molar refractivity (Wildman–Crippen MR) is 73.5 cm³/mol. The fourth-order valence-electron chi connectivity index (χ4n) is 2.66. The Morgan fingerprint density at radius 1 is 1.56 bits per heavy atom. The summed E-state index contributed by atoms with van der Waals surface area (Å²) >= 11 is 0. The van der Waals surface area contributed by atoms with Crippen LogP contribution in [-0.2, 0) is 9.53 Å². The van der Waals surface area contributed by atoms with Gasteiger partial charge in [0.1, 0.15) is 5.54 Å². The number of nitrogens with zero attached hydrogens (tertiary/aromatic N) is 1. The smallest absolute Gasteiger partial charge is 0.327 e. The van der Waals surface area contributed by atoms with E-state index < -0.39 is 5.54 Å². The molecule has 0 aliphatic heterocycles. The van der Waals surface area contributed by atoms with Crippen molar-refractivity contribution >= 4 is 5.97 Å². The van der Waals surface area contributed by atoms with Gasteiger partial charge in [0.2, 0.25) is 0 Å². The third-order valence-electron chi connectivity index (χ3n) is 4.11. The number of carbonyl (C=O) groups excluding carboxylic acids is 1. The topological polar surface area (TPSA) is 41.6 Å². The van der Waals surface area contributed by atoms with Gasteiger partial charge < -0.3 is 15.0 Å². The first-order chi connectivity index (χ1) is 8.50. The van der Waals surface area contributed by atoms with E-state index in [2.05, 4.69) is 31.1 Å². The molecule has 0 radical (unpaired) electrons. The van der Waals surface area contributed by atoms with Crippen molar-refractivity contribution < 1.29 is 9.53 Å². The standard InChI is InChI=1S/C14H28N2O2/c1-6-11(2)9-16(4)10-14(15-3,12-7-8-12)13(17)18-5/h11-12,15H,6-10H2,1-5H3. The molecule has 1 saturated carbocycles. The molecule has 0 aromatic rings. The molecule has 0 spiro atoms. The highest BCUT2D eigenvalue weighted by atomic mass is 16.5. The zero-order valence-electron chi connectivity index (χ0n) is 12.5. The summed E-state index contributed by atoms with van der Waals surface area (Å²) in [7, 11) is 5.43. The van der Waals surface area contributed by atoms with Gasteiger partial charge in [-0.2, -0.15) is 0 Å². The first-order valence-electron chi connectivity index (χ1n) is 6.96. The molecule has 2 atom stereocenters. The lowest BCUT2D eigenvalue weighted by atomic mass is 9.92. The van der Waals surface area contributed by atoms with Gasteiger partial charge in [-0.15, -0.1) is 0 Å². The first-order valence-corrected chi connectivity index (χ1v) is 6.96. The largest absolute Gasteiger partial charge is 0.468 e. The maximum Gasteiger partial charge on any atom is 0.327 e. The maximum absolute atomic E-state index is 12.1. The van der Waals surface area contributed by atoms with E-state index in [9.17, 15) is 4.79 Å². The number of rotatable bonds is 8. The summed E-state index contributed by atoms with van der Waals surface area (Å²) < 4.78 is 5.01. The third-order valence-corrected chi connectivity index (χ3v) is 4.11. The highest BCUT2D eigenvalue weighted by Crippen LogP contribution is 2.40. The van der Waals surface area contributed by atoms with Crippen LogP contribution in [-0.4, -0.2) is 50.7 Å². The van der Waals surface area contributed by atoms with Crippen molar-refractivity contribution in [3.8, 4) is 0 Å². The van der Waals surface area contributed by atoms with Crippen LogP contribution in [0.5, 0.6) is 0 Å². The van der Waals surface area contributed by atoms with E-state index in [1.807, 2.05) is 7.05 Å². The average molecular weight is 256 g/mol. The molecule has 2 unspecified atom stereocenters. The molecule has 4 nitrogen and oxygen atoms in total. The Balaban J connectivity index is 2.69. The lowest BCUT2D eigenvalue weighted by Crippen LogP contribution is -2.59. The second-order valence-electron chi connectivity index (χ2n) is 5.70. The van der Waals surface area contributed by atoms with E-state index >= 15 is 0 Å². The van der Waals surface area contributed by atoms with E-state index in [0.717, 1.165) is 25.9 Å². The molecule has 0 aromatic carbocycles. The highest BCUT2D eigenvalue weighted by Gasteiger charge is 2.51. The van der Waals surface area contributed by atoms with Crippen molar-refractivity contribution in [2.45, 2.75) is 38.6 Å². The summed E-state index contributed by atoms with van der Waals surface area (Å²) in [5, 5.41) is 3.23. The van der Waals surface area contributed by atoms with Crippen LogP contribution in [0.2, 0.25) is 0 Å². The third kappa shape index (κ3) is 3.45. The molecule has 1 fully saturated rings. The zero-order valence-corrected chi connectivity index (χ0v) is 12.5. The Morgan fingerprint density at radius 2 is 2.17 bits per heavy atom. The van der Waals surface area contributed by atoms with Crippen molar-refractivity contribution in [1.29, 1.82) is 0 Å². The van der Waals surface area contributed by atoms with Crippen molar-refractivity contribution in [3.63, 3.8) is 0 Å². The normalized spacial score (nSPS) is 20.6. The van der Waals surface area contributed by atoms with E-state index in [0.29, 0.717) is 11.8 Å². The summed E-state index contributed by atoms with van der Waals surface area (Å²) in [6, 6.07) is 0. The molecule has 0 bridgehead atoms. The van der Waals surface area contributed by atoms with Crippen LogP contribution < -0.4 is 5.32 Å². The van der Waals surface area contributed by atoms with Crippen molar-refractivity contribution in [2.24, 2.45) is 11.8 Å². The number of methoxy groups -OCH3 is 1. The number of carbonyl (C=O) groups is 1. The van der Waals surface area contributed by atoms with Gasteiger partial charge in [0, 0.05) is 13.1 Å². The van der Waals surface area contributed by atoms with Gasteiger partial charge >= 0.3 is 5.97 Å². The molecule has 1 aliphatic rings. The monoisotopic (exact) mass is 256 g/mol. The summed E-state index contributed by atoms with van der Waals surface area (Å²) in [5.74, 6) is 0.958. The van der Waals surface area contributed by atoms with Gasteiger partial charge in [0.05, 0.1) is 7.11 Å². The minimum atomic E-state index is -0.517. The molecule has 1 N–H and O–H groups in total. The summed E-state index contributed by atoms with van der Waals surface area (Å²) in [4.78, 5) is 14.4. The minimum absolute atomic E-state index is 0.122. The average Bonchev–Trinajstić information content (AvgIpc) is 3.19. The lowest BCUT2D eigenvalue weighted by Gasteiger charge is -2.35. The van der Waals surface area contributed by atoms with E-state index in [-0.39, 0.29) is 5.97 Å². The molecule has 0 heterocycles.